The van der Waals surface area contributed by atoms with E-state index in [1.807, 2.05) is 6.92 Å². The van der Waals surface area contributed by atoms with Crippen LogP contribution in [0.5, 0.6) is 0 Å². The smallest absolute Gasteiger partial charge is 0.242 e. The molecule has 0 spiro atoms. The summed E-state index contributed by atoms with van der Waals surface area (Å²) in [6.07, 6.45) is 2.77. The van der Waals surface area contributed by atoms with Crippen LogP contribution in [0.3, 0.4) is 0 Å². The minimum Gasteiger partial charge on any atom is -0.326 e. The monoisotopic (exact) mass is 338 g/mol. The fraction of sp³-hybridized carbons (Fsp3) is 0.538. The zero-order valence-electron chi connectivity index (χ0n) is 11.6. The van der Waals surface area contributed by atoms with E-state index in [1.54, 1.807) is 0 Å². The molecule has 4 nitrogen and oxygen atoms in total. The molecule has 7 heteroatoms. The Balaban J connectivity index is 3.04. The quantitative estimate of drug-likeness (QED) is 0.800. The minimum atomic E-state index is -3.67. The predicted octanol–water partition coefficient (Wildman–Crippen LogP) is 3.31. The highest BCUT2D eigenvalue weighted by atomic mass is 35.5. The van der Waals surface area contributed by atoms with E-state index in [4.69, 9.17) is 28.9 Å². The van der Waals surface area contributed by atoms with Crippen molar-refractivity contribution in [3.8, 4) is 0 Å². The number of nitrogens with two attached hydrogens (primary N) is 1. The molecule has 0 aliphatic heterocycles. The lowest BCUT2D eigenvalue weighted by atomic mass is 10.2. The van der Waals surface area contributed by atoms with Gasteiger partial charge in [0.25, 0.3) is 0 Å². The first-order chi connectivity index (χ1) is 9.33. The average Bonchev–Trinajstić information content (AvgIpc) is 2.36. The van der Waals surface area contributed by atoms with Gasteiger partial charge in [-0.2, -0.15) is 0 Å². The van der Waals surface area contributed by atoms with Gasteiger partial charge in [0.15, 0.2) is 0 Å². The molecule has 1 aromatic carbocycles. The van der Waals surface area contributed by atoms with Crippen molar-refractivity contribution in [2.24, 2.45) is 5.73 Å². The van der Waals surface area contributed by atoms with Crippen molar-refractivity contribution < 1.29 is 8.42 Å². The SMILES string of the molecule is CCCCC(C)NS(=O)(=O)c1ccc(Cl)c(CN)c1Cl. The molecule has 114 valence electrons. The van der Waals surface area contributed by atoms with Gasteiger partial charge in [0.1, 0.15) is 4.90 Å². The number of halogens is 2. The largest absolute Gasteiger partial charge is 0.326 e. The van der Waals surface area contributed by atoms with Crippen LogP contribution in [0.2, 0.25) is 10.0 Å². The van der Waals surface area contributed by atoms with E-state index in [2.05, 4.69) is 11.6 Å². The van der Waals surface area contributed by atoms with Crippen LogP contribution in [0.4, 0.5) is 0 Å². The van der Waals surface area contributed by atoms with Gasteiger partial charge < -0.3 is 5.73 Å². The third kappa shape index (κ3) is 4.33. The second-order valence-electron chi connectivity index (χ2n) is 4.71. The molecule has 0 aliphatic carbocycles. The summed E-state index contributed by atoms with van der Waals surface area (Å²) in [5, 5.41) is 0.464. The zero-order valence-corrected chi connectivity index (χ0v) is 13.9. The van der Waals surface area contributed by atoms with Crippen LogP contribution in [0.25, 0.3) is 0 Å². The van der Waals surface area contributed by atoms with Gasteiger partial charge >= 0.3 is 0 Å². The van der Waals surface area contributed by atoms with Crippen molar-refractivity contribution in [1.29, 1.82) is 0 Å². The zero-order chi connectivity index (χ0) is 15.3. The molecule has 0 aromatic heterocycles. The van der Waals surface area contributed by atoms with Crippen LogP contribution in [0.15, 0.2) is 17.0 Å². The molecular weight excluding hydrogens is 319 g/mol. The van der Waals surface area contributed by atoms with E-state index < -0.39 is 10.0 Å². The summed E-state index contributed by atoms with van der Waals surface area (Å²) in [5.74, 6) is 0. The van der Waals surface area contributed by atoms with Crippen LogP contribution in [0, 0.1) is 0 Å². The molecule has 3 N–H and O–H groups in total. The summed E-state index contributed by atoms with van der Waals surface area (Å²) in [6.45, 7) is 3.98. The lowest BCUT2D eigenvalue weighted by Gasteiger charge is -2.16. The van der Waals surface area contributed by atoms with E-state index in [0.29, 0.717) is 10.6 Å². The number of benzene rings is 1. The van der Waals surface area contributed by atoms with Crippen molar-refractivity contribution in [3.63, 3.8) is 0 Å². The first-order valence-corrected chi connectivity index (χ1v) is 8.76. The maximum Gasteiger partial charge on any atom is 0.242 e. The van der Waals surface area contributed by atoms with E-state index in [0.717, 1.165) is 19.3 Å². The van der Waals surface area contributed by atoms with Gasteiger partial charge in [-0.3, -0.25) is 0 Å². The molecule has 0 saturated heterocycles. The molecule has 0 bridgehead atoms. The average molecular weight is 339 g/mol. The molecule has 0 aliphatic rings. The molecule has 0 saturated carbocycles. The van der Waals surface area contributed by atoms with Gasteiger partial charge in [0.2, 0.25) is 10.0 Å². The molecule has 20 heavy (non-hydrogen) atoms. The Hall–Kier alpha value is -0.330. The van der Waals surface area contributed by atoms with Gasteiger partial charge in [0, 0.05) is 23.2 Å². The number of rotatable bonds is 7. The van der Waals surface area contributed by atoms with Crippen molar-refractivity contribution in [2.45, 2.75) is 50.6 Å². The summed E-state index contributed by atoms with van der Waals surface area (Å²) in [6, 6.07) is 2.76. The summed E-state index contributed by atoms with van der Waals surface area (Å²) in [5.41, 5.74) is 5.99. The van der Waals surface area contributed by atoms with E-state index >= 15 is 0 Å². The number of unbranched alkanes of at least 4 members (excludes halogenated alkanes) is 1. The van der Waals surface area contributed by atoms with Gasteiger partial charge in [-0.05, 0) is 25.5 Å². The normalized spacial score (nSPS) is 13.4. The van der Waals surface area contributed by atoms with Gasteiger partial charge in [-0.25, -0.2) is 13.1 Å². The Kier molecular flexibility index (Phi) is 6.75. The molecule has 0 amide bonds. The first-order valence-electron chi connectivity index (χ1n) is 6.52. The van der Waals surface area contributed by atoms with Crippen LogP contribution in [-0.2, 0) is 16.6 Å². The topological polar surface area (TPSA) is 72.2 Å². The lowest BCUT2D eigenvalue weighted by Crippen LogP contribution is -2.32. The Labute approximate surface area is 130 Å². The number of sulfonamides is 1. The second-order valence-corrected chi connectivity index (χ2v) is 7.17. The van der Waals surface area contributed by atoms with Gasteiger partial charge in [-0.15, -0.1) is 0 Å². The highest BCUT2D eigenvalue weighted by Gasteiger charge is 2.22. The summed E-state index contributed by atoms with van der Waals surface area (Å²) < 4.78 is 27.3. The number of nitrogens with one attached hydrogen (secondary N) is 1. The third-order valence-corrected chi connectivity index (χ3v) is 5.52. The van der Waals surface area contributed by atoms with Crippen LogP contribution < -0.4 is 10.5 Å². The van der Waals surface area contributed by atoms with Crippen molar-refractivity contribution >= 4 is 33.2 Å². The fourth-order valence-corrected chi connectivity index (χ4v) is 4.08. The Morgan fingerprint density at radius 3 is 2.55 bits per heavy atom. The predicted molar refractivity (Wildman–Crippen MR) is 83.7 cm³/mol. The molecule has 1 atom stereocenters. The van der Waals surface area contributed by atoms with E-state index in [-0.39, 0.29) is 22.5 Å². The Bertz CT molecular complexity index is 562. The van der Waals surface area contributed by atoms with Crippen molar-refractivity contribution in [1.82, 2.24) is 4.72 Å². The molecular formula is C13H20Cl2N2O2S. The number of hydrogen-bond donors (Lipinski definition) is 2. The molecule has 1 rings (SSSR count). The van der Waals surface area contributed by atoms with Crippen LogP contribution >= 0.6 is 23.2 Å². The van der Waals surface area contributed by atoms with Crippen LogP contribution in [0.1, 0.15) is 38.7 Å². The maximum absolute atomic E-state index is 12.3. The minimum absolute atomic E-state index is 0.0207. The summed E-state index contributed by atoms with van der Waals surface area (Å²) in [7, 11) is -3.67. The second kappa shape index (κ2) is 7.61. The number of hydrogen-bond acceptors (Lipinski definition) is 3. The van der Waals surface area contributed by atoms with Gasteiger partial charge in [-0.1, -0.05) is 43.0 Å². The summed E-state index contributed by atoms with van der Waals surface area (Å²) in [4.78, 5) is 0.0207. The third-order valence-electron chi connectivity index (χ3n) is 2.99. The van der Waals surface area contributed by atoms with Crippen LogP contribution in [-0.4, -0.2) is 14.5 Å². The molecule has 1 aromatic rings. The fourth-order valence-electron chi connectivity index (χ4n) is 1.87. The molecule has 0 heterocycles. The van der Waals surface area contributed by atoms with E-state index in [9.17, 15) is 8.42 Å². The van der Waals surface area contributed by atoms with Crippen molar-refractivity contribution in [2.75, 3.05) is 0 Å². The first kappa shape index (κ1) is 17.7. The van der Waals surface area contributed by atoms with Crippen molar-refractivity contribution in [3.05, 3.63) is 27.7 Å². The summed E-state index contributed by atoms with van der Waals surface area (Å²) >= 11 is 12.0. The highest BCUT2D eigenvalue weighted by Crippen LogP contribution is 2.30. The Morgan fingerprint density at radius 2 is 2.00 bits per heavy atom. The standard InChI is InChI=1S/C13H20Cl2N2O2S/c1-3-4-5-9(2)17-20(18,19)12-7-6-11(14)10(8-16)13(12)15/h6-7,9,17H,3-5,8,16H2,1-2H3. The Morgan fingerprint density at radius 1 is 1.35 bits per heavy atom. The highest BCUT2D eigenvalue weighted by molar-refractivity contribution is 7.89. The molecule has 0 radical (unpaired) electrons. The maximum atomic E-state index is 12.3. The molecule has 0 fully saturated rings. The molecule has 1 unspecified atom stereocenters. The van der Waals surface area contributed by atoms with E-state index in [1.165, 1.54) is 12.1 Å². The lowest BCUT2D eigenvalue weighted by molar-refractivity contribution is 0.534. The van der Waals surface area contributed by atoms with Gasteiger partial charge in [0.05, 0.1) is 5.02 Å².